The van der Waals surface area contributed by atoms with Crippen molar-refractivity contribution in [1.82, 2.24) is 10.6 Å². The van der Waals surface area contributed by atoms with Crippen LogP contribution < -0.4 is 20.1 Å². The molecule has 2 rings (SSSR count). The van der Waals surface area contributed by atoms with Gasteiger partial charge in [-0.1, -0.05) is 18.2 Å². The fourth-order valence-electron chi connectivity index (χ4n) is 2.46. The third-order valence-corrected chi connectivity index (χ3v) is 3.69. The second kappa shape index (κ2) is 10.7. The predicted octanol–water partition coefficient (Wildman–Crippen LogP) is 2.10. The molecule has 7 nitrogen and oxygen atoms in total. The van der Waals surface area contributed by atoms with E-state index in [1.54, 1.807) is 18.2 Å². The van der Waals surface area contributed by atoms with Crippen LogP contribution in [0.15, 0.2) is 48.5 Å². The number of rotatable bonds is 9. The van der Waals surface area contributed by atoms with Gasteiger partial charge in [0.1, 0.15) is 11.5 Å². The van der Waals surface area contributed by atoms with Crippen LogP contribution in [0, 0.1) is 0 Å². The summed E-state index contributed by atoms with van der Waals surface area (Å²) in [4.78, 5) is 35.1. The van der Waals surface area contributed by atoms with Gasteiger partial charge in [0.05, 0.1) is 13.0 Å². The molecule has 2 amide bonds. The number of hydrogen-bond donors (Lipinski definition) is 2. The Labute approximate surface area is 164 Å². The number of carbonyl (C=O) groups excluding carboxylic acids is 3. The van der Waals surface area contributed by atoms with Crippen molar-refractivity contribution in [3.8, 4) is 11.5 Å². The lowest BCUT2D eigenvalue weighted by Crippen LogP contribution is -2.35. The van der Waals surface area contributed by atoms with Crippen molar-refractivity contribution in [3.05, 3.63) is 59.7 Å². The molecule has 2 N–H and O–H groups in total. The van der Waals surface area contributed by atoms with Crippen molar-refractivity contribution in [2.75, 3.05) is 19.7 Å². The highest BCUT2D eigenvalue weighted by atomic mass is 16.5. The smallest absolute Gasteiger partial charge is 0.308 e. The molecule has 0 heterocycles. The minimum absolute atomic E-state index is 0.129. The Morgan fingerprint density at radius 2 is 1.64 bits per heavy atom. The molecule has 0 saturated heterocycles. The molecule has 0 saturated carbocycles. The summed E-state index contributed by atoms with van der Waals surface area (Å²) in [6.07, 6.45) is 0.255. The van der Waals surface area contributed by atoms with Gasteiger partial charge in [0, 0.05) is 25.6 Å². The van der Waals surface area contributed by atoms with E-state index in [4.69, 9.17) is 9.47 Å². The van der Waals surface area contributed by atoms with Crippen molar-refractivity contribution in [1.29, 1.82) is 0 Å². The summed E-state index contributed by atoms with van der Waals surface area (Å²) in [5, 5.41) is 5.47. The normalized spacial score (nSPS) is 10.1. The zero-order chi connectivity index (χ0) is 20.4. The van der Waals surface area contributed by atoms with Crippen LogP contribution >= 0.6 is 0 Å². The van der Waals surface area contributed by atoms with Crippen LogP contribution in [-0.2, 0) is 16.0 Å². The number of esters is 1. The summed E-state index contributed by atoms with van der Waals surface area (Å²) < 4.78 is 10.3. The standard InChI is InChI=1S/C21H24N2O5/c1-3-27-18-9-7-16(8-10-18)13-20(25)22-11-12-23-21(26)17-5-4-6-19(14-17)28-15(2)24/h4-10,14H,3,11-13H2,1-2H3,(H,22,25)(H,23,26). The molecule has 0 spiro atoms. The largest absolute Gasteiger partial charge is 0.494 e. The molecule has 0 radical (unpaired) electrons. The van der Waals surface area contributed by atoms with Gasteiger partial charge in [0.2, 0.25) is 5.91 Å². The highest BCUT2D eigenvalue weighted by Gasteiger charge is 2.08. The van der Waals surface area contributed by atoms with Crippen molar-refractivity contribution < 1.29 is 23.9 Å². The molecule has 0 aromatic heterocycles. The van der Waals surface area contributed by atoms with Crippen molar-refractivity contribution in [3.63, 3.8) is 0 Å². The average Bonchev–Trinajstić information content (AvgIpc) is 2.66. The SMILES string of the molecule is CCOc1ccc(CC(=O)NCCNC(=O)c2cccc(OC(C)=O)c2)cc1. The topological polar surface area (TPSA) is 93.7 Å². The second-order valence-electron chi connectivity index (χ2n) is 5.98. The van der Waals surface area contributed by atoms with Gasteiger partial charge in [-0.2, -0.15) is 0 Å². The minimum Gasteiger partial charge on any atom is -0.494 e. The molecule has 0 aliphatic carbocycles. The highest BCUT2D eigenvalue weighted by Crippen LogP contribution is 2.14. The summed E-state index contributed by atoms with van der Waals surface area (Å²) in [6.45, 7) is 4.40. The summed E-state index contributed by atoms with van der Waals surface area (Å²) in [5.74, 6) is 0.189. The van der Waals surface area contributed by atoms with Gasteiger partial charge in [-0.15, -0.1) is 0 Å². The van der Waals surface area contributed by atoms with Gasteiger partial charge in [0.15, 0.2) is 0 Å². The van der Waals surface area contributed by atoms with Gasteiger partial charge in [-0.3, -0.25) is 14.4 Å². The maximum absolute atomic E-state index is 12.1. The third kappa shape index (κ3) is 7.11. The van der Waals surface area contributed by atoms with Crippen LogP contribution in [0.4, 0.5) is 0 Å². The molecule has 0 unspecified atom stereocenters. The molecule has 148 valence electrons. The van der Waals surface area contributed by atoms with Crippen LogP contribution in [0.3, 0.4) is 0 Å². The van der Waals surface area contributed by atoms with Gasteiger partial charge < -0.3 is 20.1 Å². The first-order chi connectivity index (χ1) is 13.5. The lowest BCUT2D eigenvalue weighted by atomic mass is 10.1. The minimum atomic E-state index is -0.451. The van der Waals surface area contributed by atoms with Crippen LogP contribution in [0.2, 0.25) is 0 Å². The molecule has 0 fully saturated rings. The molecule has 2 aromatic rings. The quantitative estimate of drug-likeness (QED) is 0.392. The molecule has 0 aliphatic heterocycles. The summed E-state index contributed by atoms with van der Waals surface area (Å²) >= 11 is 0. The maximum atomic E-state index is 12.1. The summed E-state index contributed by atoms with van der Waals surface area (Å²) in [7, 11) is 0. The van der Waals surface area contributed by atoms with Crippen LogP contribution in [-0.4, -0.2) is 37.5 Å². The maximum Gasteiger partial charge on any atom is 0.308 e. The first-order valence-electron chi connectivity index (χ1n) is 9.03. The lowest BCUT2D eigenvalue weighted by Gasteiger charge is -2.09. The number of hydrogen-bond acceptors (Lipinski definition) is 5. The van der Waals surface area contributed by atoms with Gasteiger partial charge >= 0.3 is 5.97 Å². The monoisotopic (exact) mass is 384 g/mol. The summed E-state index contributed by atoms with van der Waals surface area (Å²) in [6, 6.07) is 13.7. The molecule has 28 heavy (non-hydrogen) atoms. The zero-order valence-corrected chi connectivity index (χ0v) is 16.0. The van der Waals surface area contributed by atoms with E-state index in [2.05, 4.69) is 10.6 Å². The Balaban J connectivity index is 1.72. The first kappa shape index (κ1) is 21.0. The number of nitrogens with one attached hydrogen (secondary N) is 2. The van der Waals surface area contributed by atoms with E-state index in [9.17, 15) is 14.4 Å². The zero-order valence-electron chi connectivity index (χ0n) is 16.0. The lowest BCUT2D eigenvalue weighted by molar-refractivity contribution is -0.131. The van der Waals surface area contributed by atoms with E-state index in [1.165, 1.54) is 13.0 Å². The van der Waals surface area contributed by atoms with E-state index in [0.29, 0.717) is 24.5 Å². The van der Waals surface area contributed by atoms with Gasteiger partial charge in [-0.25, -0.2) is 0 Å². The van der Waals surface area contributed by atoms with Crippen LogP contribution in [0.5, 0.6) is 11.5 Å². The van der Waals surface area contributed by atoms with Crippen molar-refractivity contribution in [2.45, 2.75) is 20.3 Å². The first-order valence-corrected chi connectivity index (χ1v) is 9.03. The van der Waals surface area contributed by atoms with E-state index in [0.717, 1.165) is 11.3 Å². The Bertz CT molecular complexity index is 818. The molecule has 0 atom stereocenters. The molecule has 0 bridgehead atoms. The molecular weight excluding hydrogens is 360 g/mol. The van der Waals surface area contributed by atoms with Gasteiger partial charge in [0.25, 0.3) is 5.91 Å². The van der Waals surface area contributed by atoms with E-state index < -0.39 is 5.97 Å². The molecule has 0 aliphatic rings. The van der Waals surface area contributed by atoms with Gasteiger partial charge in [-0.05, 0) is 42.8 Å². The summed E-state index contributed by atoms with van der Waals surface area (Å²) in [5.41, 5.74) is 1.26. The van der Waals surface area contributed by atoms with Crippen LogP contribution in [0.1, 0.15) is 29.8 Å². The fraction of sp³-hybridized carbons (Fsp3) is 0.286. The van der Waals surface area contributed by atoms with E-state index >= 15 is 0 Å². The predicted molar refractivity (Wildman–Crippen MR) is 104 cm³/mol. The second-order valence-corrected chi connectivity index (χ2v) is 5.98. The number of amides is 2. The Morgan fingerprint density at radius 3 is 2.32 bits per heavy atom. The average molecular weight is 384 g/mol. The third-order valence-electron chi connectivity index (χ3n) is 3.69. The fourth-order valence-corrected chi connectivity index (χ4v) is 2.46. The molecular formula is C21H24N2O5. The number of benzene rings is 2. The Morgan fingerprint density at radius 1 is 0.929 bits per heavy atom. The highest BCUT2D eigenvalue weighted by molar-refractivity contribution is 5.94. The van der Waals surface area contributed by atoms with Crippen molar-refractivity contribution >= 4 is 17.8 Å². The Hall–Kier alpha value is -3.35. The van der Waals surface area contributed by atoms with Crippen molar-refractivity contribution in [2.24, 2.45) is 0 Å². The number of carbonyl (C=O) groups is 3. The van der Waals surface area contributed by atoms with E-state index in [1.807, 2.05) is 31.2 Å². The molecule has 2 aromatic carbocycles. The van der Waals surface area contributed by atoms with E-state index in [-0.39, 0.29) is 24.8 Å². The van der Waals surface area contributed by atoms with Crippen LogP contribution in [0.25, 0.3) is 0 Å². The number of ether oxygens (including phenoxy) is 2. The Kier molecular flexibility index (Phi) is 8.02. The molecule has 7 heteroatoms.